The Kier molecular flexibility index (Phi) is 3.96. The van der Waals surface area contributed by atoms with Gasteiger partial charge < -0.3 is 9.73 Å². The van der Waals surface area contributed by atoms with Crippen molar-refractivity contribution >= 4 is 49.9 Å². The average Bonchev–Trinajstić information content (AvgIpc) is 3.13. The standard InChI is InChI=1S/C17H12N4O5S/c1-9-18-12-4-2-10(6-15(12)27-9)19-16(22)8-20-13-5-3-11(21(24)25)7-14(13)26-17(20)23/h2-7H,8H2,1H3,(H,19,22). The van der Waals surface area contributed by atoms with E-state index < -0.39 is 16.6 Å². The SMILES string of the molecule is Cc1nc2ccc(NC(=O)Cn3c(=O)oc4cc([N+](=O)[O-])ccc43)cc2s1. The molecule has 4 aromatic rings. The molecule has 0 radical (unpaired) electrons. The number of nitro benzene ring substituents is 1. The molecular formula is C17H12N4O5S. The zero-order valence-corrected chi connectivity index (χ0v) is 14.8. The van der Waals surface area contributed by atoms with E-state index in [9.17, 15) is 19.7 Å². The molecule has 2 heterocycles. The van der Waals surface area contributed by atoms with Gasteiger partial charge in [-0.3, -0.25) is 19.5 Å². The molecule has 10 heteroatoms. The summed E-state index contributed by atoms with van der Waals surface area (Å²) in [6.07, 6.45) is 0. The van der Waals surface area contributed by atoms with Gasteiger partial charge in [0.2, 0.25) is 5.91 Å². The summed E-state index contributed by atoms with van der Waals surface area (Å²) in [7, 11) is 0. The minimum absolute atomic E-state index is 0.0588. The Balaban J connectivity index is 1.59. The molecule has 27 heavy (non-hydrogen) atoms. The summed E-state index contributed by atoms with van der Waals surface area (Å²) in [5, 5.41) is 14.5. The molecule has 1 N–H and O–H groups in total. The lowest BCUT2D eigenvalue weighted by Gasteiger charge is -2.05. The molecule has 0 fully saturated rings. The number of anilines is 1. The Morgan fingerprint density at radius 3 is 2.93 bits per heavy atom. The first kappa shape index (κ1) is 16.9. The van der Waals surface area contributed by atoms with Crippen LogP contribution in [0.5, 0.6) is 0 Å². The Hall–Kier alpha value is -3.53. The highest BCUT2D eigenvalue weighted by molar-refractivity contribution is 7.18. The Morgan fingerprint density at radius 2 is 2.15 bits per heavy atom. The van der Waals surface area contributed by atoms with Crippen molar-refractivity contribution in [2.45, 2.75) is 13.5 Å². The van der Waals surface area contributed by atoms with E-state index in [2.05, 4.69) is 10.3 Å². The number of fused-ring (bicyclic) bond motifs is 2. The molecule has 0 atom stereocenters. The zero-order valence-electron chi connectivity index (χ0n) is 14.0. The molecule has 1 amide bonds. The second kappa shape index (κ2) is 6.32. The fourth-order valence-electron chi connectivity index (χ4n) is 2.78. The van der Waals surface area contributed by atoms with Gasteiger partial charge in [-0.15, -0.1) is 11.3 Å². The summed E-state index contributed by atoms with van der Waals surface area (Å²) in [5.41, 5.74) is 1.63. The van der Waals surface area contributed by atoms with E-state index in [0.717, 1.165) is 25.9 Å². The van der Waals surface area contributed by atoms with Crippen molar-refractivity contribution in [3.05, 3.63) is 62.1 Å². The third-order valence-electron chi connectivity index (χ3n) is 3.94. The van der Waals surface area contributed by atoms with Crippen LogP contribution in [-0.4, -0.2) is 20.4 Å². The van der Waals surface area contributed by atoms with Gasteiger partial charge in [-0.05, 0) is 31.2 Å². The lowest BCUT2D eigenvalue weighted by molar-refractivity contribution is -0.384. The maximum atomic E-state index is 12.4. The number of carbonyl (C=O) groups is 1. The van der Waals surface area contributed by atoms with Gasteiger partial charge >= 0.3 is 5.76 Å². The molecule has 2 aromatic carbocycles. The van der Waals surface area contributed by atoms with Gasteiger partial charge in [0, 0.05) is 11.8 Å². The predicted molar refractivity (Wildman–Crippen MR) is 100 cm³/mol. The number of nitro groups is 1. The van der Waals surface area contributed by atoms with Crippen molar-refractivity contribution in [3.63, 3.8) is 0 Å². The molecule has 0 aliphatic carbocycles. The topological polar surface area (TPSA) is 120 Å². The third-order valence-corrected chi connectivity index (χ3v) is 4.88. The van der Waals surface area contributed by atoms with Crippen LogP contribution in [-0.2, 0) is 11.3 Å². The number of benzene rings is 2. The van der Waals surface area contributed by atoms with Gasteiger partial charge in [0.1, 0.15) is 6.54 Å². The molecular weight excluding hydrogens is 372 g/mol. The normalized spacial score (nSPS) is 11.1. The molecule has 0 spiro atoms. The Bertz CT molecular complexity index is 1270. The van der Waals surface area contributed by atoms with Crippen molar-refractivity contribution in [2.75, 3.05) is 5.32 Å². The van der Waals surface area contributed by atoms with Crippen molar-refractivity contribution in [1.82, 2.24) is 9.55 Å². The number of aromatic nitrogens is 2. The summed E-state index contributed by atoms with van der Waals surface area (Å²) in [4.78, 5) is 39.0. The number of hydrogen-bond acceptors (Lipinski definition) is 7. The first-order valence-electron chi connectivity index (χ1n) is 7.85. The third kappa shape index (κ3) is 3.17. The molecule has 0 aliphatic rings. The van der Waals surface area contributed by atoms with E-state index in [1.54, 1.807) is 6.07 Å². The van der Waals surface area contributed by atoms with Crippen LogP contribution in [0, 0.1) is 17.0 Å². The van der Waals surface area contributed by atoms with E-state index in [-0.39, 0.29) is 17.8 Å². The number of aryl methyl sites for hydroxylation is 1. The Labute approximate surface area is 155 Å². The summed E-state index contributed by atoms with van der Waals surface area (Å²) in [6.45, 7) is 1.63. The van der Waals surface area contributed by atoms with E-state index >= 15 is 0 Å². The number of nitrogens with zero attached hydrogens (tertiary/aromatic N) is 3. The van der Waals surface area contributed by atoms with Crippen LogP contribution < -0.4 is 11.1 Å². The maximum Gasteiger partial charge on any atom is 0.420 e. The fourth-order valence-corrected chi connectivity index (χ4v) is 3.65. The summed E-state index contributed by atoms with van der Waals surface area (Å²) < 4.78 is 7.09. The van der Waals surface area contributed by atoms with Gasteiger partial charge in [0.05, 0.1) is 31.7 Å². The highest BCUT2D eigenvalue weighted by Crippen LogP contribution is 2.25. The van der Waals surface area contributed by atoms with E-state index in [1.165, 1.54) is 23.5 Å². The first-order valence-corrected chi connectivity index (χ1v) is 8.67. The van der Waals surface area contributed by atoms with E-state index in [0.29, 0.717) is 11.2 Å². The van der Waals surface area contributed by atoms with Gasteiger partial charge in [-0.2, -0.15) is 0 Å². The number of non-ortho nitro benzene ring substituents is 1. The number of carbonyl (C=O) groups excluding carboxylic acids is 1. The molecule has 9 nitrogen and oxygen atoms in total. The van der Waals surface area contributed by atoms with Gasteiger partial charge in [0.25, 0.3) is 5.69 Å². The van der Waals surface area contributed by atoms with Gasteiger partial charge in [-0.25, -0.2) is 9.78 Å². The van der Waals surface area contributed by atoms with Crippen molar-refractivity contribution in [1.29, 1.82) is 0 Å². The smallest absolute Gasteiger partial charge is 0.407 e. The van der Waals surface area contributed by atoms with Crippen LogP contribution >= 0.6 is 11.3 Å². The van der Waals surface area contributed by atoms with Crippen LogP contribution in [0.4, 0.5) is 11.4 Å². The average molecular weight is 384 g/mol. The molecule has 0 aliphatic heterocycles. The van der Waals surface area contributed by atoms with E-state index in [1.807, 2.05) is 19.1 Å². The summed E-state index contributed by atoms with van der Waals surface area (Å²) in [6, 6.07) is 9.16. The predicted octanol–water partition coefficient (Wildman–Crippen LogP) is 3.06. The molecule has 0 saturated heterocycles. The number of hydrogen-bond donors (Lipinski definition) is 1. The molecule has 0 bridgehead atoms. The minimum Gasteiger partial charge on any atom is -0.407 e. The largest absolute Gasteiger partial charge is 0.420 e. The monoisotopic (exact) mass is 384 g/mol. The molecule has 0 saturated carbocycles. The van der Waals surface area contributed by atoms with Crippen LogP contribution in [0.15, 0.2) is 45.6 Å². The summed E-state index contributed by atoms with van der Waals surface area (Å²) >= 11 is 1.52. The quantitative estimate of drug-likeness (QED) is 0.426. The second-order valence-electron chi connectivity index (χ2n) is 5.83. The number of nitrogens with one attached hydrogen (secondary N) is 1. The fraction of sp³-hybridized carbons (Fsp3) is 0.118. The number of rotatable bonds is 4. The molecule has 0 unspecified atom stereocenters. The molecule has 2 aromatic heterocycles. The highest BCUT2D eigenvalue weighted by atomic mass is 32.1. The van der Waals surface area contributed by atoms with Gasteiger partial charge in [-0.1, -0.05) is 0 Å². The van der Waals surface area contributed by atoms with Crippen LogP contribution in [0.25, 0.3) is 21.3 Å². The first-order chi connectivity index (χ1) is 12.9. The van der Waals surface area contributed by atoms with Crippen LogP contribution in [0.3, 0.4) is 0 Å². The minimum atomic E-state index is -0.755. The van der Waals surface area contributed by atoms with Gasteiger partial charge in [0.15, 0.2) is 5.58 Å². The lowest BCUT2D eigenvalue weighted by atomic mass is 10.3. The van der Waals surface area contributed by atoms with E-state index in [4.69, 9.17) is 4.42 Å². The molecule has 136 valence electrons. The second-order valence-corrected chi connectivity index (χ2v) is 7.06. The zero-order chi connectivity index (χ0) is 19.1. The number of thiazole rings is 1. The van der Waals surface area contributed by atoms with Crippen molar-refractivity contribution in [2.24, 2.45) is 0 Å². The van der Waals surface area contributed by atoms with Crippen LogP contribution in [0.2, 0.25) is 0 Å². The van der Waals surface area contributed by atoms with Crippen molar-refractivity contribution < 1.29 is 14.1 Å². The summed E-state index contributed by atoms with van der Waals surface area (Å²) in [5.74, 6) is -1.17. The number of oxazole rings is 1. The van der Waals surface area contributed by atoms with Crippen LogP contribution in [0.1, 0.15) is 5.01 Å². The number of amides is 1. The highest BCUT2D eigenvalue weighted by Gasteiger charge is 2.16. The maximum absolute atomic E-state index is 12.4. The molecule has 4 rings (SSSR count). The van der Waals surface area contributed by atoms with Crippen molar-refractivity contribution in [3.8, 4) is 0 Å². The lowest BCUT2D eigenvalue weighted by Crippen LogP contribution is -2.24. The Morgan fingerprint density at radius 1 is 1.33 bits per heavy atom.